The maximum absolute atomic E-state index is 11.1. The number of aromatic nitrogens is 1. The van der Waals surface area contributed by atoms with Gasteiger partial charge in [-0.25, -0.2) is 4.79 Å². The summed E-state index contributed by atoms with van der Waals surface area (Å²) in [6, 6.07) is 8.43. The molecular formula is C13H10ClNO3. The number of pyridine rings is 1. The van der Waals surface area contributed by atoms with E-state index in [-0.39, 0.29) is 11.3 Å². The van der Waals surface area contributed by atoms with E-state index in [1.54, 1.807) is 37.3 Å². The zero-order chi connectivity index (χ0) is 13.1. The molecule has 4 nitrogen and oxygen atoms in total. The number of hydrogen-bond acceptors (Lipinski definition) is 3. The Balaban J connectivity index is 2.42. The quantitative estimate of drug-likeness (QED) is 0.920. The van der Waals surface area contributed by atoms with Gasteiger partial charge in [0.2, 0.25) is 0 Å². The van der Waals surface area contributed by atoms with Crippen LogP contribution in [-0.2, 0) is 0 Å². The molecule has 0 bridgehead atoms. The molecule has 5 heteroatoms. The fraction of sp³-hybridized carbons (Fsp3) is 0.0769. The van der Waals surface area contributed by atoms with Crippen molar-refractivity contribution in [1.29, 1.82) is 0 Å². The van der Waals surface area contributed by atoms with Crippen molar-refractivity contribution < 1.29 is 14.6 Å². The van der Waals surface area contributed by atoms with Crippen LogP contribution >= 0.6 is 11.6 Å². The van der Waals surface area contributed by atoms with Gasteiger partial charge in [-0.15, -0.1) is 0 Å². The van der Waals surface area contributed by atoms with E-state index in [1.165, 1.54) is 6.20 Å². The molecule has 92 valence electrons. The van der Waals surface area contributed by atoms with Crippen LogP contribution in [0.2, 0.25) is 5.02 Å². The first-order chi connectivity index (χ1) is 8.58. The van der Waals surface area contributed by atoms with Crippen molar-refractivity contribution in [2.24, 2.45) is 0 Å². The highest BCUT2D eigenvalue weighted by Crippen LogP contribution is 2.30. The number of para-hydroxylation sites is 1. The number of hydrogen-bond donors (Lipinski definition) is 1. The lowest BCUT2D eigenvalue weighted by Gasteiger charge is -2.10. The van der Waals surface area contributed by atoms with Crippen LogP contribution in [0.1, 0.15) is 16.1 Å². The SMILES string of the molecule is Cc1cc(Oc2ccccc2Cl)c(C(=O)O)cn1. The molecule has 0 fully saturated rings. The van der Waals surface area contributed by atoms with E-state index in [4.69, 9.17) is 21.4 Å². The van der Waals surface area contributed by atoms with Gasteiger partial charge in [-0.2, -0.15) is 0 Å². The third-order valence-corrected chi connectivity index (χ3v) is 2.60. The summed E-state index contributed by atoms with van der Waals surface area (Å²) in [6.45, 7) is 1.76. The van der Waals surface area contributed by atoms with E-state index in [2.05, 4.69) is 4.98 Å². The molecule has 2 rings (SSSR count). The molecule has 0 aliphatic rings. The molecule has 1 aromatic heterocycles. The summed E-state index contributed by atoms with van der Waals surface area (Å²) in [6.07, 6.45) is 1.27. The van der Waals surface area contributed by atoms with Crippen molar-refractivity contribution in [3.8, 4) is 11.5 Å². The van der Waals surface area contributed by atoms with Gasteiger partial charge in [-0.05, 0) is 19.1 Å². The van der Waals surface area contributed by atoms with Crippen LogP contribution in [0, 0.1) is 6.92 Å². The van der Waals surface area contributed by atoms with E-state index in [9.17, 15) is 4.79 Å². The number of rotatable bonds is 3. The molecule has 1 heterocycles. The fourth-order valence-corrected chi connectivity index (χ4v) is 1.60. The zero-order valence-electron chi connectivity index (χ0n) is 9.55. The molecule has 0 atom stereocenters. The van der Waals surface area contributed by atoms with Crippen LogP contribution in [0.5, 0.6) is 11.5 Å². The topological polar surface area (TPSA) is 59.4 Å². The van der Waals surface area contributed by atoms with Gasteiger partial charge in [0, 0.05) is 18.0 Å². The van der Waals surface area contributed by atoms with Gasteiger partial charge in [-0.3, -0.25) is 4.98 Å². The molecule has 0 aliphatic heterocycles. The molecule has 0 spiro atoms. The Hall–Kier alpha value is -2.07. The van der Waals surface area contributed by atoms with Crippen LogP contribution in [0.3, 0.4) is 0 Å². The van der Waals surface area contributed by atoms with Crippen LogP contribution < -0.4 is 4.74 Å². The van der Waals surface area contributed by atoms with Gasteiger partial charge in [0.1, 0.15) is 17.1 Å². The summed E-state index contributed by atoms with van der Waals surface area (Å²) in [7, 11) is 0. The maximum atomic E-state index is 11.1. The first kappa shape index (κ1) is 12.4. The van der Waals surface area contributed by atoms with Crippen molar-refractivity contribution in [2.75, 3.05) is 0 Å². The molecule has 1 N–H and O–H groups in total. The van der Waals surface area contributed by atoms with Crippen LogP contribution in [-0.4, -0.2) is 16.1 Å². The lowest BCUT2D eigenvalue weighted by Crippen LogP contribution is -2.02. The first-order valence-corrected chi connectivity index (χ1v) is 5.58. The zero-order valence-corrected chi connectivity index (χ0v) is 10.3. The highest BCUT2D eigenvalue weighted by atomic mass is 35.5. The summed E-state index contributed by atoms with van der Waals surface area (Å²) in [4.78, 5) is 15.0. The molecule has 1 aromatic carbocycles. The molecular weight excluding hydrogens is 254 g/mol. The monoisotopic (exact) mass is 263 g/mol. The number of aromatic carboxylic acids is 1. The lowest BCUT2D eigenvalue weighted by molar-refractivity contribution is 0.0693. The molecule has 2 aromatic rings. The number of halogens is 1. The van der Waals surface area contributed by atoms with E-state index < -0.39 is 5.97 Å². The first-order valence-electron chi connectivity index (χ1n) is 5.20. The number of nitrogens with zero attached hydrogens (tertiary/aromatic N) is 1. The average Bonchev–Trinajstić information content (AvgIpc) is 2.32. The van der Waals surface area contributed by atoms with Crippen molar-refractivity contribution in [3.63, 3.8) is 0 Å². The minimum atomic E-state index is -1.09. The normalized spacial score (nSPS) is 10.1. The minimum absolute atomic E-state index is 0.000481. The van der Waals surface area contributed by atoms with Crippen LogP contribution in [0.4, 0.5) is 0 Å². The summed E-state index contributed by atoms with van der Waals surface area (Å²) in [5.74, 6) is -0.458. The number of carboxylic acid groups (broad SMARTS) is 1. The number of benzene rings is 1. The smallest absolute Gasteiger partial charge is 0.341 e. The molecule has 0 saturated heterocycles. The Labute approximate surface area is 109 Å². The van der Waals surface area contributed by atoms with E-state index in [0.717, 1.165) is 0 Å². The Morgan fingerprint density at radius 1 is 1.33 bits per heavy atom. The summed E-state index contributed by atoms with van der Waals surface area (Å²) in [5, 5.41) is 9.47. The Morgan fingerprint density at radius 3 is 2.72 bits per heavy atom. The van der Waals surface area contributed by atoms with Gasteiger partial charge in [0.15, 0.2) is 0 Å². The van der Waals surface area contributed by atoms with E-state index in [0.29, 0.717) is 16.5 Å². The van der Waals surface area contributed by atoms with Crippen LogP contribution in [0.25, 0.3) is 0 Å². The van der Waals surface area contributed by atoms with Crippen molar-refractivity contribution >= 4 is 17.6 Å². The lowest BCUT2D eigenvalue weighted by atomic mass is 10.2. The Morgan fingerprint density at radius 2 is 2.06 bits per heavy atom. The standard InChI is InChI=1S/C13H10ClNO3/c1-8-6-12(9(7-15-8)13(16)17)18-11-5-3-2-4-10(11)14/h2-7H,1H3,(H,16,17). The van der Waals surface area contributed by atoms with Crippen molar-refractivity contribution in [2.45, 2.75) is 6.92 Å². The largest absolute Gasteiger partial charge is 0.477 e. The van der Waals surface area contributed by atoms with E-state index in [1.807, 2.05) is 0 Å². The summed E-state index contributed by atoms with van der Waals surface area (Å²) in [5.41, 5.74) is 0.669. The van der Waals surface area contributed by atoms with E-state index >= 15 is 0 Å². The third kappa shape index (κ3) is 2.60. The van der Waals surface area contributed by atoms with Gasteiger partial charge in [0.05, 0.1) is 5.02 Å². The van der Waals surface area contributed by atoms with Crippen LogP contribution in [0.15, 0.2) is 36.5 Å². The summed E-state index contributed by atoms with van der Waals surface area (Å²) >= 11 is 5.96. The molecule has 0 saturated carbocycles. The number of aryl methyl sites for hydroxylation is 1. The Bertz CT molecular complexity index is 599. The van der Waals surface area contributed by atoms with Gasteiger partial charge in [0.25, 0.3) is 0 Å². The van der Waals surface area contributed by atoms with Gasteiger partial charge >= 0.3 is 5.97 Å². The third-order valence-electron chi connectivity index (χ3n) is 2.29. The highest BCUT2D eigenvalue weighted by molar-refractivity contribution is 6.32. The second-order valence-corrected chi connectivity index (χ2v) is 4.07. The average molecular weight is 264 g/mol. The molecule has 0 unspecified atom stereocenters. The molecule has 18 heavy (non-hydrogen) atoms. The predicted octanol–water partition coefficient (Wildman–Crippen LogP) is 3.53. The minimum Gasteiger partial charge on any atom is -0.477 e. The maximum Gasteiger partial charge on any atom is 0.341 e. The van der Waals surface area contributed by atoms with Gasteiger partial charge < -0.3 is 9.84 Å². The van der Waals surface area contributed by atoms with Crippen molar-refractivity contribution in [1.82, 2.24) is 4.98 Å². The van der Waals surface area contributed by atoms with Crippen molar-refractivity contribution in [3.05, 3.63) is 52.8 Å². The Kier molecular flexibility index (Phi) is 3.48. The fourth-order valence-electron chi connectivity index (χ4n) is 1.43. The number of ether oxygens (including phenoxy) is 1. The highest BCUT2D eigenvalue weighted by Gasteiger charge is 2.14. The number of carbonyl (C=O) groups is 1. The molecule has 0 aliphatic carbocycles. The predicted molar refractivity (Wildman–Crippen MR) is 67.5 cm³/mol. The van der Waals surface area contributed by atoms with Gasteiger partial charge in [-0.1, -0.05) is 23.7 Å². The number of carboxylic acids is 1. The molecule has 0 radical (unpaired) electrons. The second-order valence-electron chi connectivity index (χ2n) is 3.66. The summed E-state index contributed by atoms with van der Waals surface area (Å²) < 4.78 is 5.53. The second kappa shape index (κ2) is 5.06. The molecule has 0 amide bonds.